The molecule has 22 heavy (non-hydrogen) atoms. The summed E-state index contributed by atoms with van der Waals surface area (Å²) >= 11 is 0. The summed E-state index contributed by atoms with van der Waals surface area (Å²) in [4.78, 5) is 11.5. The van der Waals surface area contributed by atoms with E-state index in [1.807, 2.05) is 26.0 Å². The minimum atomic E-state index is -1.70. The van der Waals surface area contributed by atoms with Gasteiger partial charge in [-0.25, -0.2) is 4.79 Å². The second kappa shape index (κ2) is 5.24. The van der Waals surface area contributed by atoms with Gasteiger partial charge in [-0.15, -0.1) is 0 Å². The average Bonchev–Trinajstić information content (AvgIpc) is 2.94. The van der Waals surface area contributed by atoms with Crippen LogP contribution in [-0.2, 0) is 25.1 Å². The van der Waals surface area contributed by atoms with Crippen LogP contribution in [0.3, 0.4) is 0 Å². The predicted octanol–water partition coefficient (Wildman–Crippen LogP) is 2.19. The van der Waals surface area contributed by atoms with Crippen molar-refractivity contribution in [3.05, 3.63) is 29.8 Å². The number of benzene rings is 1. The van der Waals surface area contributed by atoms with Crippen LogP contribution in [-0.4, -0.2) is 34.5 Å². The number of hydrogen-bond donors (Lipinski definition) is 0. The Morgan fingerprint density at radius 3 is 2.73 bits per heavy atom. The molecule has 0 aromatic heterocycles. The molecule has 0 bridgehead atoms. The maximum absolute atomic E-state index is 13.1. The molecule has 3 rings (SSSR count). The molecular formula is C15H18N2O4S. The fourth-order valence-electron chi connectivity index (χ4n) is 2.84. The van der Waals surface area contributed by atoms with Crippen molar-refractivity contribution in [3.8, 4) is 0 Å². The molecule has 0 radical (unpaired) electrons. The molecular weight excluding hydrogens is 304 g/mol. The third-order valence-corrected chi connectivity index (χ3v) is 6.17. The van der Waals surface area contributed by atoms with Gasteiger partial charge < -0.3 is 9.47 Å². The summed E-state index contributed by atoms with van der Waals surface area (Å²) in [5.41, 5.74) is 0.186. The Hall–Kier alpha value is -1.60. The summed E-state index contributed by atoms with van der Waals surface area (Å²) in [6.07, 6.45) is -0.783. The van der Waals surface area contributed by atoms with Crippen LogP contribution in [0.1, 0.15) is 19.4 Å². The fraction of sp³-hybridized carbons (Fsp3) is 0.533. The van der Waals surface area contributed by atoms with E-state index in [0.29, 0.717) is 11.5 Å². The van der Waals surface area contributed by atoms with E-state index >= 15 is 0 Å². The smallest absolute Gasteiger partial charge is 0.352 e. The number of carbonyl (C=O) groups is 1. The van der Waals surface area contributed by atoms with Crippen LogP contribution in [0.2, 0.25) is 0 Å². The van der Waals surface area contributed by atoms with E-state index in [0.717, 1.165) is 5.56 Å². The molecule has 1 unspecified atom stereocenters. The highest BCUT2D eigenvalue weighted by molar-refractivity contribution is 7.87. The minimum absolute atomic E-state index is 0.251. The molecule has 2 aliphatic rings. The number of hydrogen-bond acceptors (Lipinski definition) is 6. The Balaban J connectivity index is 2.06. The molecule has 7 heteroatoms. The van der Waals surface area contributed by atoms with Gasteiger partial charge in [0.05, 0.1) is 17.3 Å². The van der Waals surface area contributed by atoms with Crippen LogP contribution in [0.4, 0.5) is 0 Å². The summed E-state index contributed by atoms with van der Waals surface area (Å²) in [6.45, 7) is 6.20. The summed E-state index contributed by atoms with van der Waals surface area (Å²) in [7, 11) is -1.70. The van der Waals surface area contributed by atoms with Crippen LogP contribution < -0.4 is 0 Å². The van der Waals surface area contributed by atoms with Gasteiger partial charge in [0, 0.05) is 11.5 Å². The normalized spacial score (nSPS) is 34.5. The van der Waals surface area contributed by atoms with Gasteiger partial charge in [-0.1, -0.05) is 17.7 Å². The van der Waals surface area contributed by atoms with E-state index in [-0.39, 0.29) is 6.54 Å². The molecule has 4 atom stereocenters. The van der Waals surface area contributed by atoms with E-state index in [1.165, 1.54) is 0 Å². The summed E-state index contributed by atoms with van der Waals surface area (Å²) < 4.78 is 24.0. The van der Waals surface area contributed by atoms with Crippen molar-refractivity contribution in [2.75, 3.05) is 13.2 Å². The standard InChI is InChI=1S/C15H18N2O4S/c1-4-20-13-14(3)9-16-17-15(14,12(18)21-13)22(19)11-7-5-10(2)6-8-11/h5-8,13H,4,9H2,1-3H3/t13-,14-,15-,22?/m0/s1. The van der Waals surface area contributed by atoms with Crippen molar-refractivity contribution in [1.82, 2.24) is 0 Å². The fourth-order valence-corrected chi connectivity index (χ4v) is 4.48. The van der Waals surface area contributed by atoms with Crippen molar-refractivity contribution in [2.24, 2.45) is 15.6 Å². The van der Waals surface area contributed by atoms with Gasteiger partial charge in [0.2, 0.25) is 6.29 Å². The number of nitrogens with zero attached hydrogens (tertiary/aromatic N) is 2. The average molecular weight is 322 g/mol. The highest BCUT2D eigenvalue weighted by Crippen LogP contribution is 2.53. The summed E-state index contributed by atoms with van der Waals surface area (Å²) in [6, 6.07) is 7.20. The molecule has 0 saturated carbocycles. The maximum atomic E-state index is 13.1. The first kappa shape index (κ1) is 15.3. The Morgan fingerprint density at radius 2 is 2.09 bits per heavy atom. The molecule has 0 spiro atoms. The number of aryl methyl sites for hydroxylation is 1. The second-order valence-electron chi connectivity index (χ2n) is 5.74. The van der Waals surface area contributed by atoms with Crippen molar-refractivity contribution in [3.63, 3.8) is 0 Å². The first-order valence-electron chi connectivity index (χ1n) is 7.15. The van der Waals surface area contributed by atoms with E-state index in [9.17, 15) is 9.00 Å². The van der Waals surface area contributed by atoms with Gasteiger partial charge in [-0.2, -0.15) is 10.2 Å². The number of azo groups is 1. The van der Waals surface area contributed by atoms with Crippen molar-refractivity contribution in [1.29, 1.82) is 0 Å². The predicted molar refractivity (Wildman–Crippen MR) is 79.7 cm³/mol. The zero-order valence-electron chi connectivity index (χ0n) is 12.7. The third-order valence-electron chi connectivity index (χ3n) is 4.22. The van der Waals surface area contributed by atoms with Gasteiger partial charge in [-0.05, 0) is 32.9 Å². The molecule has 1 aromatic carbocycles. The van der Waals surface area contributed by atoms with Crippen LogP contribution in [0.25, 0.3) is 0 Å². The highest BCUT2D eigenvalue weighted by atomic mass is 32.2. The Bertz CT molecular complexity index is 660. The van der Waals surface area contributed by atoms with E-state index < -0.39 is 33.3 Å². The number of rotatable bonds is 4. The lowest BCUT2D eigenvalue weighted by Crippen LogP contribution is -2.51. The van der Waals surface area contributed by atoms with Crippen molar-refractivity contribution >= 4 is 16.8 Å². The Kier molecular flexibility index (Phi) is 3.65. The van der Waals surface area contributed by atoms with Crippen LogP contribution in [0, 0.1) is 12.3 Å². The lowest BCUT2D eigenvalue weighted by molar-refractivity contribution is -0.173. The number of cyclic esters (lactones) is 1. The van der Waals surface area contributed by atoms with Gasteiger partial charge in [0.25, 0.3) is 4.87 Å². The van der Waals surface area contributed by atoms with E-state index in [2.05, 4.69) is 10.2 Å². The van der Waals surface area contributed by atoms with Crippen LogP contribution >= 0.6 is 0 Å². The summed E-state index contributed by atoms with van der Waals surface area (Å²) in [5, 5.41) is 8.09. The highest BCUT2D eigenvalue weighted by Gasteiger charge is 2.73. The molecule has 0 N–H and O–H groups in total. The first-order chi connectivity index (χ1) is 10.5. The Labute approximate surface area is 131 Å². The van der Waals surface area contributed by atoms with Crippen LogP contribution in [0.5, 0.6) is 0 Å². The van der Waals surface area contributed by atoms with Crippen LogP contribution in [0.15, 0.2) is 39.4 Å². The molecule has 2 heterocycles. The van der Waals surface area contributed by atoms with Gasteiger partial charge >= 0.3 is 5.97 Å². The number of carbonyl (C=O) groups excluding carboxylic acids is 1. The number of fused-ring (bicyclic) bond motifs is 1. The second-order valence-corrected chi connectivity index (χ2v) is 7.34. The summed E-state index contributed by atoms with van der Waals surface area (Å²) in [5.74, 6) is -0.631. The number of esters is 1. The number of ether oxygens (including phenoxy) is 2. The van der Waals surface area contributed by atoms with Crippen molar-refractivity contribution in [2.45, 2.75) is 36.8 Å². The Morgan fingerprint density at radius 1 is 1.41 bits per heavy atom. The zero-order chi connectivity index (χ0) is 16.0. The SMILES string of the molecule is CCO[C@H]1OC(=O)[C@@]2(S(=O)c3ccc(C)cc3)N=NC[C@@]12C. The molecule has 1 fully saturated rings. The molecule has 6 nitrogen and oxygen atoms in total. The molecule has 1 saturated heterocycles. The van der Waals surface area contributed by atoms with Crippen molar-refractivity contribution < 1.29 is 18.5 Å². The lowest BCUT2D eigenvalue weighted by atomic mass is 9.84. The quantitative estimate of drug-likeness (QED) is 0.796. The van der Waals surface area contributed by atoms with Gasteiger partial charge in [-0.3, -0.25) is 4.21 Å². The molecule has 0 amide bonds. The minimum Gasteiger partial charge on any atom is -0.432 e. The zero-order valence-corrected chi connectivity index (χ0v) is 13.6. The van der Waals surface area contributed by atoms with E-state index in [1.54, 1.807) is 19.1 Å². The monoisotopic (exact) mass is 322 g/mol. The largest absolute Gasteiger partial charge is 0.432 e. The van der Waals surface area contributed by atoms with E-state index in [4.69, 9.17) is 9.47 Å². The first-order valence-corrected chi connectivity index (χ1v) is 8.30. The molecule has 2 aliphatic heterocycles. The molecule has 118 valence electrons. The van der Waals surface area contributed by atoms with Gasteiger partial charge in [0.15, 0.2) is 0 Å². The molecule has 1 aromatic rings. The third kappa shape index (κ3) is 1.88. The van der Waals surface area contributed by atoms with Gasteiger partial charge in [0.1, 0.15) is 5.41 Å². The lowest BCUT2D eigenvalue weighted by Gasteiger charge is -2.31. The molecule has 0 aliphatic carbocycles. The maximum Gasteiger partial charge on any atom is 0.352 e. The topological polar surface area (TPSA) is 77.3 Å².